The fraction of sp³-hybridized carbons (Fsp3) is 0. The third-order valence-corrected chi connectivity index (χ3v) is 3.63. The molecule has 1 N–H and O–H groups in total. The van der Waals surface area contributed by atoms with E-state index in [4.69, 9.17) is 0 Å². The van der Waals surface area contributed by atoms with E-state index in [-0.39, 0.29) is 0 Å². The number of rotatable bonds is 2. The number of nitriles is 1. The van der Waals surface area contributed by atoms with Crippen LogP contribution in [0.2, 0.25) is 0 Å². The maximum atomic E-state index is 9.21. The smallest absolute Gasteiger partial charge is 0.137 e. The molecule has 0 atom stereocenters. The van der Waals surface area contributed by atoms with E-state index in [1.54, 1.807) is 23.1 Å². The first-order valence-electron chi connectivity index (χ1n) is 6.83. The number of para-hydroxylation sites is 1. The maximum absolute atomic E-state index is 9.21. The lowest BCUT2D eigenvalue weighted by atomic mass is 10.1. The minimum absolute atomic E-state index is 0.596. The van der Waals surface area contributed by atoms with Gasteiger partial charge in [-0.2, -0.15) is 10.4 Å². The molecule has 0 amide bonds. The zero-order valence-corrected chi connectivity index (χ0v) is 11.6. The Kier molecular flexibility index (Phi) is 2.73. The molecule has 22 heavy (non-hydrogen) atoms. The number of hydrogen-bond donors (Lipinski definition) is 1. The van der Waals surface area contributed by atoms with Crippen molar-refractivity contribution in [2.45, 2.75) is 0 Å². The second-order valence-electron chi connectivity index (χ2n) is 4.90. The van der Waals surface area contributed by atoms with Gasteiger partial charge in [0.15, 0.2) is 0 Å². The van der Waals surface area contributed by atoms with Gasteiger partial charge in [-0.25, -0.2) is 9.67 Å². The van der Waals surface area contributed by atoms with Gasteiger partial charge >= 0.3 is 0 Å². The highest BCUT2D eigenvalue weighted by atomic mass is 15.3. The Balaban J connectivity index is 1.85. The Hall–Kier alpha value is -3.39. The molecule has 0 saturated carbocycles. The molecule has 5 heteroatoms. The highest BCUT2D eigenvalue weighted by Gasteiger charge is 2.10. The number of H-pyrrole nitrogens is 1. The molecule has 0 radical (unpaired) electrons. The van der Waals surface area contributed by atoms with Crippen molar-refractivity contribution in [1.29, 1.82) is 5.26 Å². The van der Waals surface area contributed by atoms with Gasteiger partial charge in [0.1, 0.15) is 11.7 Å². The third kappa shape index (κ3) is 1.86. The van der Waals surface area contributed by atoms with Gasteiger partial charge in [0.25, 0.3) is 0 Å². The molecule has 0 unspecified atom stereocenters. The average molecular weight is 285 g/mol. The lowest BCUT2D eigenvalue weighted by Crippen LogP contribution is -1.96. The fourth-order valence-corrected chi connectivity index (χ4v) is 2.57. The fourth-order valence-electron chi connectivity index (χ4n) is 2.57. The van der Waals surface area contributed by atoms with Crippen molar-refractivity contribution in [2.24, 2.45) is 0 Å². The summed E-state index contributed by atoms with van der Waals surface area (Å²) in [5.74, 6) is 0. The number of fused-ring (bicyclic) bond motifs is 1. The van der Waals surface area contributed by atoms with Gasteiger partial charge in [0.05, 0.1) is 17.4 Å². The largest absolute Gasteiger partial charge is 0.346 e. The van der Waals surface area contributed by atoms with Crippen molar-refractivity contribution < 1.29 is 0 Å². The molecule has 0 saturated heterocycles. The zero-order chi connectivity index (χ0) is 14.9. The lowest BCUT2D eigenvalue weighted by Gasteiger charge is -2.03. The number of nitrogens with one attached hydrogen (secondary N) is 1. The Labute approximate surface area is 126 Å². The summed E-state index contributed by atoms with van der Waals surface area (Å²) < 4.78 is 1.73. The van der Waals surface area contributed by atoms with Gasteiger partial charge in [0, 0.05) is 29.5 Å². The highest BCUT2D eigenvalue weighted by Crippen LogP contribution is 2.27. The van der Waals surface area contributed by atoms with E-state index in [0.29, 0.717) is 5.56 Å². The predicted molar refractivity (Wildman–Crippen MR) is 83.4 cm³/mol. The predicted octanol–water partition coefficient (Wildman–Crippen LogP) is 3.29. The summed E-state index contributed by atoms with van der Waals surface area (Å²) in [4.78, 5) is 7.40. The molecule has 1 aromatic carbocycles. The summed E-state index contributed by atoms with van der Waals surface area (Å²) in [5, 5.41) is 14.7. The molecule has 4 rings (SSSR count). The average Bonchev–Trinajstić information content (AvgIpc) is 3.23. The topological polar surface area (TPSA) is 70.3 Å². The van der Waals surface area contributed by atoms with E-state index in [2.05, 4.69) is 21.1 Å². The summed E-state index contributed by atoms with van der Waals surface area (Å²) in [7, 11) is 0. The van der Waals surface area contributed by atoms with Gasteiger partial charge < -0.3 is 4.98 Å². The summed E-state index contributed by atoms with van der Waals surface area (Å²) in [6.07, 6.45) is 7.37. The van der Waals surface area contributed by atoms with Gasteiger partial charge in [-0.05, 0) is 29.8 Å². The van der Waals surface area contributed by atoms with E-state index in [1.165, 1.54) is 0 Å². The maximum Gasteiger partial charge on any atom is 0.137 e. The molecule has 5 nitrogen and oxygen atoms in total. The molecular formula is C17H11N5. The first-order valence-corrected chi connectivity index (χ1v) is 6.83. The first-order chi connectivity index (χ1) is 10.9. The molecule has 0 aliphatic heterocycles. The Bertz CT molecular complexity index is 1000. The van der Waals surface area contributed by atoms with E-state index >= 15 is 0 Å². The number of benzene rings is 1. The number of aromatic amines is 1. The SMILES string of the molecule is N#Cc1ccccc1-n1cc(-c2ccnc3[nH]ccc23)cn1. The Morgan fingerprint density at radius 2 is 2.05 bits per heavy atom. The molecule has 0 bridgehead atoms. The zero-order valence-electron chi connectivity index (χ0n) is 11.6. The molecule has 104 valence electrons. The van der Waals surface area contributed by atoms with Gasteiger partial charge in [0.2, 0.25) is 0 Å². The summed E-state index contributed by atoms with van der Waals surface area (Å²) >= 11 is 0. The van der Waals surface area contributed by atoms with Crippen LogP contribution < -0.4 is 0 Å². The van der Waals surface area contributed by atoms with Gasteiger partial charge in [-0.15, -0.1) is 0 Å². The van der Waals surface area contributed by atoms with Crippen molar-refractivity contribution in [3.05, 3.63) is 66.7 Å². The molecule has 0 aliphatic rings. The van der Waals surface area contributed by atoms with Crippen LogP contribution in [0.3, 0.4) is 0 Å². The van der Waals surface area contributed by atoms with Crippen molar-refractivity contribution in [2.75, 3.05) is 0 Å². The molecule has 3 aromatic heterocycles. The molecule has 3 heterocycles. The molecule has 0 aliphatic carbocycles. The van der Waals surface area contributed by atoms with Crippen molar-refractivity contribution in [3.8, 4) is 22.9 Å². The number of nitrogens with zero attached hydrogens (tertiary/aromatic N) is 4. The molecule has 0 fully saturated rings. The van der Waals surface area contributed by atoms with Crippen LogP contribution in [0.25, 0.3) is 27.8 Å². The Morgan fingerprint density at radius 3 is 2.95 bits per heavy atom. The van der Waals surface area contributed by atoms with Crippen LogP contribution in [-0.2, 0) is 0 Å². The number of hydrogen-bond acceptors (Lipinski definition) is 3. The monoisotopic (exact) mass is 285 g/mol. The van der Waals surface area contributed by atoms with Crippen LogP contribution in [-0.4, -0.2) is 19.7 Å². The highest BCUT2D eigenvalue weighted by molar-refractivity contribution is 5.92. The van der Waals surface area contributed by atoms with Crippen molar-refractivity contribution in [1.82, 2.24) is 19.7 Å². The number of aromatic nitrogens is 4. The summed E-state index contributed by atoms with van der Waals surface area (Å²) in [6, 6.07) is 13.6. The van der Waals surface area contributed by atoms with E-state index in [9.17, 15) is 5.26 Å². The van der Waals surface area contributed by atoms with Crippen LogP contribution in [0.5, 0.6) is 0 Å². The summed E-state index contributed by atoms with van der Waals surface area (Å²) in [6.45, 7) is 0. The summed E-state index contributed by atoms with van der Waals surface area (Å²) in [5.41, 5.74) is 4.27. The normalized spacial score (nSPS) is 10.7. The van der Waals surface area contributed by atoms with E-state index < -0.39 is 0 Å². The molecule has 4 aromatic rings. The quantitative estimate of drug-likeness (QED) is 0.614. The van der Waals surface area contributed by atoms with Crippen molar-refractivity contribution >= 4 is 11.0 Å². The van der Waals surface area contributed by atoms with Crippen LogP contribution in [0.1, 0.15) is 5.56 Å². The molecule has 0 spiro atoms. The second kappa shape index (κ2) is 4.86. The van der Waals surface area contributed by atoms with Crippen molar-refractivity contribution in [3.63, 3.8) is 0 Å². The van der Waals surface area contributed by atoms with E-state index in [1.807, 2.05) is 42.7 Å². The van der Waals surface area contributed by atoms with Gasteiger partial charge in [-0.1, -0.05) is 12.1 Å². The van der Waals surface area contributed by atoms with Crippen LogP contribution in [0.15, 0.2) is 61.2 Å². The second-order valence-corrected chi connectivity index (χ2v) is 4.90. The minimum Gasteiger partial charge on any atom is -0.346 e. The Morgan fingerprint density at radius 1 is 1.14 bits per heavy atom. The standard InChI is InChI=1S/C17H11N5/c18-9-12-3-1-2-4-16(12)22-11-13(10-21-22)14-5-7-19-17-15(14)6-8-20-17/h1-8,10-11H,(H,19,20). The van der Waals surface area contributed by atoms with Crippen LogP contribution in [0, 0.1) is 11.3 Å². The minimum atomic E-state index is 0.596. The van der Waals surface area contributed by atoms with E-state index in [0.717, 1.165) is 27.8 Å². The van der Waals surface area contributed by atoms with Crippen LogP contribution in [0.4, 0.5) is 0 Å². The lowest BCUT2D eigenvalue weighted by molar-refractivity contribution is 0.877. The van der Waals surface area contributed by atoms with Crippen LogP contribution >= 0.6 is 0 Å². The third-order valence-electron chi connectivity index (χ3n) is 3.63. The van der Waals surface area contributed by atoms with Gasteiger partial charge in [-0.3, -0.25) is 0 Å². The number of pyridine rings is 1. The first kappa shape index (κ1) is 12.4. The molecular weight excluding hydrogens is 274 g/mol.